The number of hydrogen-bond donors (Lipinski definition) is 2. The van der Waals surface area contributed by atoms with Crippen molar-refractivity contribution in [1.82, 2.24) is 10.2 Å². The molecule has 0 bridgehead atoms. The minimum atomic E-state index is -0.417. The quantitative estimate of drug-likeness (QED) is 0.858. The summed E-state index contributed by atoms with van der Waals surface area (Å²) in [7, 11) is 0. The first-order valence-corrected chi connectivity index (χ1v) is 9.07. The molecule has 1 aromatic rings. The molecule has 2 heterocycles. The van der Waals surface area contributed by atoms with Gasteiger partial charge in [0.15, 0.2) is 0 Å². The third kappa shape index (κ3) is 4.15. The molecule has 3 rings (SSSR count). The molecule has 2 aliphatic rings. The molecular weight excluding hydrogens is 302 g/mol. The summed E-state index contributed by atoms with van der Waals surface area (Å²) < 4.78 is 5.40. The molecule has 2 saturated heterocycles. The van der Waals surface area contributed by atoms with Gasteiger partial charge in [-0.25, -0.2) is 0 Å². The van der Waals surface area contributed by atoms with Crippen molar-refractivity contribution in [2.75, 3.05) is 32.8 Å². The summed E-state index contributed by atoms with van der Waals surface area (Å²) in [6.45, 7) is 4.73. The van der Waals surface area contributed by atoms with Crippen LogP contribution in [0.5, 0.6) is 0 Å². The first kappa shape index (κ1) is 17.4. The van der Waals surface area contributed by atoms with Gasteiger partial charge < -0.3 is 15.8 Å². The second kappa shape index (κ2) is 8.10. The zero-order valence-corrected chi connectivity index (χ0v) is 14.4. The molecule has 2 fully saturated rings. The Balaban J connectivity index is 1.47. The van der Waals surface area contributed by atoms with Crippen LogP contribution in [0.15, 0.2) is 30.3 Å². The number of carbonyl (C=O) groups excluding carboxylic acids is 1. The minimum Gasteiger partial charge on any atom is -0.381 e. The maximum Gasteiger partial charge on any atom is 0.227 e. The van der Waals surface area contributed by atoms with Crippen molar-refractivity contribution in [2.24, 2.45) is 11.1 Å². The number of piperidine rings is 1. The number of nitrogens with zero attached hydrogens (tertiary/aromatic N) is 1. The molecule has 0 spiro atoms. The molecule has 3 N–H and O–H groups in total. The van der Waals surface area contributed by atoms with Crippen LogP contribution in [0.25, 0.3) is 0 Å². The molecule has 0 saturated carbocycles. The van der Waals surface area contributed by atoms with Crippen molar-refractivity contribution < 1.29 is 9.53 Å². The van der Waals surface area contributed by atoms with Crippen LogP contribution in [0.3, 0.4) is 0 Å². The van der Waals surface area contributed by atoms with Crippen LogP contribution in [0.1, 0.15) is 31.2 Å². The predicted octanol–water partition coefficient (Wildman–Crippen LogP) is 1.52. The van der Waals surface area contributed by atoms with Gasteiger partial charge in [0.1, 0.15) is 0 Å². The highest BCUT2D eigenvalue weighted by atomic mass is 16.5. The summed E-state index contributed by atoms with van der Waals surface area (Å²) in [5.41, 5.74) is 6.86. The molecule has 1 amide bonds. The van der Waals surface area contributed by atoms with E-state index in [4.69, 9.17) is 10.5 Å². The molecule has 1 aromatic carbocycles. The van der Waals surface area contributed by atoms with E-state index in [9.17, 15) is 4.79 Å². The molecular formula is C19H29N3O2. The maximum absolute atomic E-state index is 12.7. The van der Waals surface area contributed by atoms with Gasteiger partial charge in [0.05, 0.1) is 5.41 Å². The highest BCUT2D eigenvalue weighted by molar-refractivity contribution is 5.83. The number of hydrogen-bond acceptors (Lipinski definition) is 4. The van der Waals surface area contributed by atoms with Crippen molar-refractivity contribution >= 4 is 5.91 Å². The number of likely N-dealkylation sites (tertiary alicyclic amines) is 1. The molecule has 5 nitrogen and oxygen atoms in total. The summed E-state index contributed by atoms with van der Waals surface area (Å²) in [4.78, 5) is 15.2. The lowest BCUT2D eigenvalue weighted by Gasteiger charge is -2.38. The molecule has 24 heavy (non-hydrogen) atoms. The fraction of sp³-hybridized carbons (Fsp3) is 0.632. The van der Waals surface area contributed by atoms with Gasteiger partial charge in [0.2, 0.25) is 5.91 Å². The Morgan fingerprint density at radius 3 is 2.50 bits per heavy atom. The zero-order valence-electron chi connectivity index (χ0n) is 14.4. The summed E-state index contributed by atoms with van der Waals surface area (Å²) in [6, 6.07) is 10.8. The van der Waals surface area contributed by atoms with Gasteiger partial charge in [-0.2, -0.15) is 0 Å². The molecule has 0 unspecified atom stereocenters. The van der Waals surface area contributed by atoms with Crippen LogP contribution in [0, 0.1) is 5.41 Å². The van der Waals surface area contributed by atoms with Gasteiger partial charge in [0, 0.05) is 45.4 Å². The van der Waals surface area contributed by atoms with Crippen LogP contribution >= 0.6 is 0 Å². The standard InChI is InChI=1S/C19H29N3O2/c20-15-19(8-12-24-13-9-19)18(23)21-17-6-10-22(11-7-17)14-16-4-2-1-3-5-16/h1-5,17H,6-15,20H2,(H,21,23). The molecule has 0 aliphatic carbocycles. The van der Waals surface area contributed by atoms with Crippen molar-refractivity contribution in [2.45, 2.75) is 38.3 Å². The van der Waals surface area contributed by atoms with Crippen molar-refractivity contribution in [3.8, 4) is 0 Å². The Bertz CT molecular complexity index is 521. The smallest absolute Gasteiger partial charge is 0.227 e. The average molecular weight is 331 g/mol. The van der Waals surface area contributed by atoms with E-state index in [1.807, 2.05) is 0 Å². The first-order chi connectivity index (χ1) is 11.7. The van der Waals surface area contributed by atoms with Crippen LogP contribution in [-0.4, -0.2) is 49.7 Å². The van der Waals surface area contributed by atoms with Gasteiger partial charge in [-0.1, -0.05) is 30.3 Å². The number of ether oxygens (including phenoxy) is 1. The van der Waals surface area contributed by atoms with Gasteiger partial charge in [-0.3, -0.25) is 9.69 Å². The molecule has 5 heteroatoms. The fourth-order valence-corrected chi connectivity index (χ4v) is 3.70. The minimum absolute atomic E-state index is 0.134. The van der Waals surface area contributed by atoms with Gasteiger partial charge >= 0.3 is 0 Å². The summed E-state index contributed by atoms with van der Waals surface area (Å²) >= 11 is 0. The lowest BCUT2D eigenvalue weighted by atomic mass is 9.79. The molecule has 2 aliphatic heterocycles. The van der Waals surface area contributed by atoms with Crippen molar-refractivity contribution in [3.63, 3.8) is 0 Å². The third-order valence-corrected chi connectivity index (χ3v) is 5.49. The van der Waals surface area contributed by atoms with E-state index >= 15 is 0 Å². The van der Waals surface area contributed by atoms with E-state index in [2.05, 4.69) is 40.5 Å². The first-order valence-electron chi connectivity index (χ1n) is 9.07. The second-order valence-electron chi connectivity index (χ2n) is 7.11. The monoisotopic (exact) mass is 331 g/mol. The number of nitrogens with one attached hydrogen (secondary N) is 1. The highest BCUT2D eigenvalue weighted by Gasteiger charge is 2.39. The Morgan fingerprint density at radius 2 is 1.88 bits per heavy atom. The summed E-state index contributed by atoms with van der Waals surface area (Å²) in [5, 5.41) is 3.26. The van der Waals surface area contributed by atoms with Crippen LogP contribution in [0.2, 0.25) is 0 Å². The van der Waals surface area contributed by atoms with E-state index in [-0.39, 0.29) is 11.9 Å². The van der Waals surface area contributed by atoms with E-state index < -0.39 is 5.41 Å². The number of carbonyl (C=O) groups is 1. The Labute approximate surface area is 144 Å². The molecule has 0 atom stereocenters. The number of benzene rings is 1. The van der Waals surface area contributed by atoms with Gasteiger partial charge in [-0.05, 0) is 31.2 Å². The maximum atomic E-state index is 12.7. The molecule has 0 radical (unpaired) electrons. The molecule has 132 valence electrons. The van der Waals surface area contributed by atoms with E-state index in [1.165, 1.54) is 5.56 Å². The Morgan fingerprint density at radius 1 is 1.21 bits per heavy atom. The lowest BCUT2D eigenvalue weighted by Crippen LogP contribution is -2.53. The van der Waals surface area contributed by atoms with Crippen LogP contribution < -0.4 is 11.1 Å². The molecule has 0 aromatic heterocycles. The Kier molecular flexibility index (Phi) is 5.87. The summed E-state index contributed by atoms with van der Waals surface area (Å²) in [6.07, 6.45) is 3.50. The van der Waals surface area contributed by atoms with Crippen LogP contribution in [0.4, 0.5) is 0 Å². The van der Waals surface area contributed by atoms with Crippen LogP contribution in [-0.2, 0) is 16.1 Å². The van der Waals surface area contributed by atoms with Crippen molar-refractivity contribution in [3.05, 3.63) is 35.9 Å². The Hall–Kier alpha value is -1.43. The second-order valence-corrected chi connectivity index (χ2v) is 7.11. The van der Waals surface area contributed by atoms with E-state index in [0.29, 0.717) is 19.8 Å². The van der Waals surface area contributed by atoms with E-state index in [0.717, 1.165) is 45.3 Å². The fourth-order valence-electron chi connectivity index (χ4n) is 3.70. The number of nitrogens with two attached hydrogens (primary N) is 1. The van der Waals surface area contributed by atoms with E-state index in [1.54, 1.807) is 0 Å². The summed E-state index contributed by atoms with van der Waals surface area (Å²) in [5.74, 6) is 0.134. The normalized spacial score (nSPS) is 22.2. The highest BCUT2D eigenvalue weighted by Crippen LogP contribution is 2.30. The third-order valence-electron chi connectivity index (χ3n) is 5.49. The zero-order chi connectivity index (χ0) is 16.8. The predicted molar refractivity (Wildman–Crippen MR) is 94.4 cm³/mol. The van der Waals surface area contributed by atoms with Gasteiger partial charge in [-0.15, -0.1) is 0 Å². The SMILES string of the molecule is NCC1(C(=O)NC2CCN(Cc3ccccc3)CC2)CCOCC1. The van der Waals surface area contributed by atoms with Gasteiger partial charge in [0.25, 0.3) is 0 Å². The lowest BCUT2D eigenvalue weighted by molar-refractivity contribution is -0.137. The topological polar surface area (TPSA) is 67.6 Å². The largest absolute Gasteiger partial charge is 0.381 e. The van der Waals surface area contributed by atoms with Crippen molar-refractivity contribution in [1.29, 1.82) is 0 Å². The number of amides is 1. The number of rotatable bonds is 5. The average Bonchev–Trinajstić information content (AvgIpc) is 2.64.